The van der Waals surface area contributed by atoms with E-state index in [1.165, 1.54) is 0 Å². The van der Waals surface area contributed by atoms with Crippen LogP contribution in [0, 0.1) is 5.92 Å². The quantitative estimate of drug-likeness (QED) is 0.148. The standard InChI is InChI=1S/C14H28O12S2.2Na/c1-3-5-9(6-4-2)7-23-14-12(16)13(26-28(20,21)22)11(15)10(25-14)8-24-27(17,18)19;;/h9-16H,3-8H2,1-2H3,(H,17,18,19)(H,20,21,22);;/q;2*+1/p-2/t10-,11+,12-,13+,14-;;/m1../s1. The van der Waals surface area contributed by atoms with Gasteiger partial charge in [0.25, 0.3) is 0 Å². The van der Waals surface area contributed by atoms with Crippen LogP contribution in [0.3, 0.4) is 0 Å². The molecule has 1 fully saturated rings. The number of rotatable bonds is 12. The van der Waals surface area contributed by atoms with Gasteiger partial charge in [0.05, 0.1) is 13.2 Å². The van der Waals surface area contributed by atoms with E-state index < -0.39 is 58.1 Å². The van der Waals surface area contributed by atoms with Crippen LogP contribution in [0.25, 0.3) is 0 Å². The summed E-state index contributed by atoms with van der Waals surface area (Å²) in [4.78, 5) is 0. The molecular formula is C14H26Na2O12S2. The van der Waals surface area contributed by atoms with Crippen molar-refractivity contribution in [1.82, 2.24) is 0 Å². The van der Waals surface area contributed by atoms with Gasteiger partial charge in [-0.2, -0.15) is 0 Å². The first-order chi connectivity index (χ1) is 12.9. The Balaban J connectivity index is 0. The number of aliphatic hydroxyl groups excluding tert-OH is 2. The normalized spacial score (nSPS) is 27.4. The van der Waals surface area contributed by atoms with Gasteiger partial charge >= 0.3 is 59.1 Å². The van der Waals surface area contributed by atoms with Crippen LogP contribution in [0.2, 0.25) is 0 Å². The molecule has 0 saturated carbocycles. The molecular weight excluding hydrogens is 470 g/mol. The van der Waals surface area contributed by atoms with Crippen LogP contribution in [-0.4, -0.2) is 80.1 Å². The van der Waals surface area contributed by atoms with Crippen LogP contribution in [0.1, 0.15) is 39.5 Å². The van der Waals surface area contributed by atoms with E-state index in [-0.39, 0.29) is 71.6 Å². The van der Waals surface area contributed by atoms with Crippen molar-refractivity contribution < 1.29 is 113 Å². The molecule has 0 bridgehead atoms. The van der Waals surface area contributed by atoms with E-state index in [1.807, 2.05) is 13.8 Å². The summed E-state index contributed by atoms with van der Waals surface area (Å²) in [7, 11) is -10.5. The Bertz CT molecular complexity index is 668. The van der Waals surface area contributed by atoms with Crippen molar-refractivity contribution in [2.45, 2.75) is 70.2 Å². The Hall–Kier alpha value is 1.58. The molecule has 12 nitrogen and oxygen atoms in total. The molecule has 0 aromatic heterocycles. The predicted molar refractivity (Wildman–Crippen MR) is 90.2 cm³/mol. The molecule has 0 aromatic rings. The zero-order chi connectivity index (χ0) is 21.5. The molecule has 168 valence electrons. The second-order valence-electron chi connectivity index (χ2n) is 6.46. The van der Waals surface area contributed by atoms with Crippen molar-refractivity contribution >= 4 is 20.8 Å². The summed E-state index contributed by atoms with van der Waals surface area (Å²) in [5.41, 5.74) is 0. The fourth-order valence-corrected chi connectivity index (χ4v) is 3.74. The van der Waals surface area contributed by atoms with Gasteiger partial charge in [-0.3, -0.25) is 8.37 Å². The van der Waals surface area contributed by atoms with Gasteiger partial charge in [0.1, 0.15) is 24.4 Å². The third kappa shape index (κ3) is 12.7. The Morgan fingerprint density at radius 1 is 0.967 bits per heavy atom. The van der Waals surface area contributed by atoms with Crippen LogP contribution in [0.5, 0.6) is 0 Å². The molecule has 2 N–H and O–H groups in total. The fourth-order valence-electron chi connectivity index (χ4n) is 2.94. The van der Waals surface area contributed by atoms with Gasteiger partial charge in [0, 0.05) is 0 Å². The number of aliphatic hydroxyl groups is 2. The van der Waals surface area contributed by atoms with E-state index in [0.29, 0.717) is 0 Å². The number of hydrogen-bond acceptors (Lipinski definition) is 12. The van der Waals surface area contributed by atoms with E-state index in [9.17, 15) is 36.2 Å². The van der Waals surface area contributed by atoms with Crippen LogP contribution >= 0.6 is 0 Å². The van der Waals surface area contributed by atoms with E-state index >= 15 is 0 Å². The minimum absolute atomic E-state index is 0. The summed E-state index contributed by atoms with van der Waals surface area (Å²) >= 11 is 0. The molecule has 1 heterocycles. The summed E-state index contributed by atoms with van der Waals surface area (Å²) in [6.07, 6.45) is -5.64. The molecule has 1 saturated heterocycles. The molecule has 5 atom stereocenters. The molecule has 1 aliphatic heterocycles. The number of hydrogen-bond donors (Lipinski definition) is 2. The van der Waals surface area contributed by atoms with Crippen molar-refractivity contribution in [2.75, 3.05) is 13.2 Å². The van der Waals surface area contributed by atoms with E-state index in [4.69, 9.17) is 9.47 Å². The maximum atomic E-state index is 10.9. The Morgan fingerprint density at radius 3 is 1.93 bits per heavy atom. The average molecular weight is 496 g/mol. The van der Waals surface area contributed by atoms with Gasteiger partial charge in [-0.1, -0.05) is 26.7 Å². The Labute approximate surface area is 221 Å². The smallest absolute Gasteiger partial charge is 0.726 e. The first-order valence-corrected chi connectivity index (χ1v) is 11.4. The maximum absolute atomic E-state index is 10.9. The van der Waals surface area contributed by atoms with Crippen LogP contribution < -0.4 is 59.1 Å². The van der Waals surface area contributed by atoms with Gasteiger partial charge in [0.15, 0.2) is 6.29 Å². The molecule has 0 amide bonds. The molecule has 0 spiro atoms. The molecule has 0 unspecified atom stereocenters. The fraction of sp³-hybridized carbons (Fsp3) is 1.00. The molecule has 0 radical (unpaired) electrons. The van der Waals surface area contributed by atoms with Gasteiger partial charge in [-0.05, 0) is 18.8 Å². The number of ether oxygens (including phenoxy) is 2. The Morgan fingerprint density at radius 2 is 1.50 bits per heavy atom. The molecule has 1 rings (SSSR count). The van der Waals surface area contributed by atoms with E-state index in [2.05, 4.69) is 8.37 Å². The third-order valence-corrected chi connectivity index (χ3v) is 5.02. The third-order valence-electron chi connectivity index (χ3n) is 4.14. The van der Waals surface area contributed by atoms with Gasteiger partial charge < -0.3 is 28.8 Å². The van der Waals surface area contributed by atoms with Crippen molar-refractivity contribution in [3.63, 3.8) is 0 Å². The average Bonchev–Trinajstić information content (AvgIpc) is 2.55. The summed E-state index contributed by atoms with van der Waals surface area (Å²) in [5, 5.41) is 20.3. The van der Waals surface area contributed by atoms with Gasteiger partial charge in [-0.25, -0.2) is 16.8 Å². The van der Waals surface area contributed by atoms with Crippen LogP contribution in [0.15, 0.2) is 0 Å². The van der Waals surface area contributed by atoms with Crippen molar-refractivity contribution in [1.29, 1.82) is 0 Å². The SMILES string of the molecule is CCCC(CCC)CO[C@@H]1O[C@H](COS(=O)(=O)[O-])[C@H](O)[C@H](OS(=O)(=O)[O-])[C@H]1O.[Na+].[Na+]. The van der Waals surface area contributed by atoms with Crippen molar-refractivity contribution in [3.8, 4) is 0 Å². The minimum atomic E-state index is -5.33. The topological polar surface area (TPSA) is 192 Å². The predicted octanol–water partition coefficient (Wildman–Crippen LogP) is -7.00. The zero-order valence-corrected chi connectivity index (χ0v) is 23.1. The monoisotopic (exact) mass is 496 g/mol. The maximum Gasteiger partial charge on any atom is 1.00 e. The largest absolute Gasteiger partial charge is 1.00 e. The second kappa shape index (κ2) is 15.5. The molecule has 30 heavy (non-hydrogen) atoms. The second-order valence-corrected chi connectivity index (χ2v) is 8.52. The molecule has 0 aliphatic carbocycles. The first kappa shape index (κ1) is 33.8. The summed E-state index contributed by atoms with van der Waals surface area (Å²) in [6.45, 7) is 3.07. The first-order valence-electron chi connectivity index (χ1n) is 8.75. The zero-order valence-electron chi connectivity index (χ0n) is 17.5. The van der Waals surface area contributed by atoms with Crippen LogP contribution in [-0.2, 0) is 38.6 Å². The summed E-state index contributed by atoms with van der Waals surface area (Å²) in [5.74, 6) is 0.108. The van der Waals surface area contributed by atoms with E-state index in [0.717, 1.165) is 25.7 Å². The van der Waals surface area contributed by atoms with Crippen molar-refractivity contribution in [3.05, 3.63) is 0 Å². The Kier molecular flexibility index (Phi) is 17.4. The molecule has 16 heteroatoms. The minimum Gasteiger partial charge on any atom is -0.726 e. The van der Waals surface area contributed by atoms with Gasteiger partial charge in [0.2, 0.25) is 20.8 Å². The summed E-state index contributed by atoms with van der Waals surface area (Å²) in [6, 6.07) is 0. The van der Waals surface area contributed by atoms with Gasteiger partial charge in [-0.15, -0.1) is 0 Å². The molecule has 1 aliphatic rings. The van der Waals surface area contributed by atoms with Crippen molar-refractivity contribution in [2.24, 2.45) is 5.92 Å². The molecule has 0 aromatic carbocycles. The summed E-state index contributed by atoms with van der Waals surface area (Å²) < 4.78 is 83.5. The van der Waals surface area contributed by atoms with Crippen LogP contribution in [0.4, 0.5) is 0 Å². The van der Waals surface area contributed by atoms with E-state index in [1.54, 1.807) is 0 Å².